The van der Waals surface area contributed by atoms with Crippen molar-refractivity contribution in [2.24, 2.45) is 18.4 Å². The van der Waals surface area contributed by atoms with Crippen LogP contribution in [0.25, 0.3) is 0 Å². The van der Waals surface area contributed by atoms with Crippen LogP contribution < -0.4 is 0 Å². The van der Waals surface area contributed by atoms with Gasteiger partial charge >= 0.3 is 0 Å². The lowest BCUT2D eigenvalue weighted by Crippen LogP contribution is -2.34. The first-order valence-electron chi connectivity index (χ1n) is 6.12. The van der Waals surface area contributed by atoms with Gasteiger partial charge in [0.05, 0.1) is 5.69 Å². The van der Waals surface area contributed by atoms with E-state index in [1.54, 1.807) is 0 Å². The molecule has 0 bridgehead atoms. The van der Waals surface area contributed by atoms with Crippen LogP contribution in [0.3, 0.4) is 0 Å². The Morgan fingerprint density at radius 2 is 1.94 bits per heavy atom. The van der Waals surface area contributed by atoms with Crippen molar-refractivity contribution in [1.29, 1.82) is 0 Å². The summed E-state index contributed by atoms with van der Waals surface area (Å²) in [6.45, 7) is 6.73. The monoisotopic (exact) mass is 364 g/mol. The first kappa shape index (κ1) is 15.2. The second-order valence-corrected chi connectivity index (χ2v) is 6.19. The van der Waals surface area contributed by atoms with E-state index >= 15 is 0 Å². The van der Waals surface area contributed by atoms with Gasteiger partial charge in [-0.3, -0.25) is 4.68 Å². The summed E-state index contributed by atoms with van der Waals surface area (Å²) in [5, 5.41) is 6.55. The molecule has 0 aliphatic carbocycles. The maximum absolute atomic E-state index is 4.53. The lowest BCUT2D eigenvalue weighted by atomic mass is 9.77. The highest BCUT2D eigenvalue weighted by Crippen LogP contribution is 2.35. The van der Waals surface area contributed by atoms with Crippen molar-refractivity contribution in [3.8, 4) is 0 Å². The van der Waals surface area contributed by atoms with Gasteiger partial charge in [-0.05, 0) is 30.2 Å². The third kappa shape index (κ3) is 3.34. The molecule has 0 aliphatic heterocycles. The van der Waals surface area contributed by atoms with E-state index in [4.69, 9.17) is 0 Å². The lowest BCUT2D eigenvalue weighted by Gasteiger charge is -2.34. The number of aromatic nitrogens is 2. The first-order valence-corrected chi connectivity index (χ1v) is 8.37. The van der Waals surface area contributed by atoms with Crippen LogP contribution in [-0.2, 0) is 19.9 Å². The van der Waals surface area contributed by atoms with Gasteiger partial charge in [-0.1, -0.05) is 52.6 Å². The Labute approximate surface area is 121 Å². The molecule has 0 fully saturated rings. The van der Waals surface area contributed by atoms with Crippen LogP contribution in [0.1, 0.15) is 32.2 Å². The van der Waals surface area contributed by atoms with Crippen LogP contribution in [0.15, 0.2) is 6.07 Å². The minimum atomic E-state index is 0.263. The van der Waals surface area contributed by atoms with Gasteiger partial charge in [0.2, 0.25) is 0 Å². The molecule has 0 amide bonds. The predicted molar refractivity (Wildman–Crippen MR) is 81.1 cm³/mol. The number of halogens is 2. The molecular formula is C13H22Br2N2. The summed E-state index contributed by atoms with van der Waals surface area (Å²) in [5.41, 5.74) is 2.78. The first-order chi connectivity index (χ1) is 7.99. The van der Waals surface area contributed by atoms with Gasteiger partial charge in [0.15, 0.2) is 0 Å². The van der Waals surface area contributed by atoms with Gasteiger partial charge in [0.25, 0.3) is 0 Å². The van der Waals surface area contributed by atoms with Crippen molar-refractivity contribution in [2.75, 3.05) is 10.7 Å². The van der Waals surface area contributed by atoms with Crippen LogP contribution >= 0.6 is 31.9 Å². The smallest absolute Gasteiger partial charge is 0.0624 e. The molecule has 98 valence electrons. The van der Waals surface area contributed by atoms with Gasteiger partial charge in [-0.2, -0.15) is 5.10 Å². The Morgan fingerprint density at radius 3 is 2.29 bits per heavy atom. The Morgan fingerprint density at radius 1 is 1.35 bits per heavy atom. The van der Waals surface area contributed by atoms with Crippen LogP contribution in [0.2, 0.25) is 0 Å². The molecule has 1 rings (SSSR count). The molecule has 0 spiro atoms. The van der Waals surface area contributed by atoms with Crippen LogP contribution in [-0.4, -0.2) is 20.4 Å². The molecule has 4 heteroatoms. The van der Waals surface area contributed by atoms with Crippen molar-refractivity contribution in [2.45, 2.75) is 33.6 Å². The van der Waals surface area contributed by atoms with E-state index in [0.717, 1.165) is 23.5 Å². The highest BCUT2D eigenvalue weighted by molar-refractivity contribution is 9.09. The molecule has 0 saturated carbocycles. The number of alkyl halides is 2. The van der Waals surface area contributed by atoms with Gasteiger partial charge < -0.3 is 0 Å². The maximum Gasteiger partial charge on any atom is 0.0624 e. The molecule has 1 heterocycles. The summed E-state index contributed by atoms with van der Waals surface area (Å²) in [7, 11) is 2.04. The van der Waals surface area contributed by atoms with E-state index in [1.165, 1.54) is 11.4 Å². The van der Waals surface area contributed by atoms with Gasteiger partial charge in [-0.15, -0.1) is 0 Å². The lowest BCUT2D eigenvalue weighted by molar-refractivity contribution is 0.262. The van der Waals surface area contributed by atoms with E-state index < -0.39 is 0 Å². The Bertz CT molecular complexity index is 354. The fourth-order valence-electron chi connectivity index (χ4n) is 1.91. The SMILES string of the molecule is CCc1cc(CC(CBr)(CBr)C(C)C)n(C)n1. The molecule has 1 aromatic heterocycles. The van der Waals surface area contributed by atoms with Crippen molar-refractivity contribution in [3.05, 3.63) is 17.5 Å². The summed E-state index contributed by atoms with van der Waals surface area (Å²) in [5.74, 6) is 0.626. The normalized spacial score (nSPS) is 12.4. The molecule has 2 nitrogen and oxygen atoms in total. The predicted octanol–water partition coefficient (Wildman–Crippen LogP) is 3.96. The Hall–Kier alpha value is 0.170. The summed E-state index contributed by atoms with van der Waals surface area (Å²) in [4.78, 5) is 0. The van der Waals surface area contributed by atoms with Crippen LogP contribution in [0.5, 0.6) is 0 Å². The van der Waals surface area contributed by atoms with Crippen molar-refractivity contribution >= 4 is 31.9 Å². The van der Waals surface area contributed by atoms with E-state index in [9.17, 15) is 0 Å². The van der Waals surface area contributed by atoms with Gasteiger partial charge in [0.1, 0.15) is 0 Å². The fourth-order valence-corrected chi connectivity index (χ4v) is 4.53. The molecule has 17 heavy (non-hydrogen) atoms. The average molecular weight is 366 g/mol. The summed E-state index contributed by atoms with van der Waals surface area (Å²) < 4.78 is 2.03. The molecule has 0 atom stereocenters. The van der Waals surface area contributed by atoms with Gasteiger partial charge in [0, 0.05) is 23.4 Å². The van der Waals surface area contributed by atoms with E-state index in [-0.39, 0.29) is 5.41 Å². The minimum Gasteiger partial charge on any atom is -0.272 e. The zero-order chi connectivity index (χ0) is 13.1. The van der Waals surface area contributed by atoms with E-state index in [1.807, 2.05) is 11.7 Å². The number of hydrogen-bond donors (Lipinski definition) is 0. The third-order valence-electron chi connectivity index (χ3n) is 3.68. The van der Waals surface area contributed by atoms with Crippen molar-refractivity contribution in [3.63, 3.8) is 0 Å². The topological polar surface area (TPSA) is 17.8 Å². The quantitative estimate of drug-likeness (QED) is 0.697. The molecule has 1 aromatic rings. The van der Waals surface area contributed by atoms with E-state index in [2.05, 4.69) is 63.8 Å². The van der Waals surface area contributed by atoms with Crippen molar-refractivity contribution < 1.29 is 0 Å². The molecule has 0 aromatic carbocycles. The highest BCUT2D eigenvalue weighted by atomic mass is 79.9. The average Bonchev–Trinajstić information content (AvgIpc) is 2.66. The molecule has 0 aliphatic rings. The second-order valence-electron chi connectivity index (χ2n) is 5.07. The van der Waals surface area contributed by atoms with Crippen molar-refractivity contribution in [1.82, 2.24) is 9.78 Å². The van der Waals surface area contributed by atoms with Crippen LogP contribution in [0.4, 0.5) is 0 Å². The molecule has 0 unspecified atom stereocenters. The maximum atomic E-state index is 4.53. The Balaban J connectivity index is 2.96. The fraction of sp³-hybridized carbons (Fsp3) is 0.769. The van der Waals surface area contributed by atoms with Gasteiger partial charge in [-0.25, -0.2) is 0 Å². The van der Waals surface area contributed by atoms with E-state index in [0.29, 0.717) is 5.92 Å². The summed E-state index contributed by atoms with van der Waals surface area (Å²) in [6.07, 6.45) is 2.07. The zero-order valence-electron chi connectivity index (χ0n) is 11.1. The highest BCUT2D eigenvalue weighted by Gasteiger charge is 2.33. The largest absolute Gasteiger partial charge is 0.272 e. The molecule has 0 N–H and O–H groups in total. The number of hydrogen-bond acceptors (Lipinski definition) is 1. The molecule has 0 radical (unpaired) electrons. The summed E-state index contributed by atoms with van der Waals surface area (Å²) >= 11 is 7.36. The standard InChI is InChI=1S/C13H22Br2N2/c1-5-11-6-12(17(4)16-11)7-13(8-14,9-15)10(2)3/h6,10H,5,7-9H2,1-4H3. The second kappa shape index (κ2) is 6.37. The van der Waals surface area contributed by atoms with Crippen LogP contribution in [0, 0.1) is 11.3 Å². The number of aryl methyl sites for hydroxylation is 2. The molecular weight excluding hydrogens is 344 g/mol. The molecule has 0 saturated heterocycles. The number of rotatable bonds is 6. The minimum absolute atomic E-state index is 0.263. The third-order valence-corrected chi connectivity index (χ3v) is 5.91. The Kier molecular flexibility index (Phi) is 5.71. The number of nitrogens with zero attached hydrogens (tertiary/aromatic N) is 2. The zero-order valence-corrected chi connectivity index (χ0v) is 14.3. The summed E-state index contributed by atoms with van der Waals surface area (Å²) in [6, 6.07) is 2.24.